The first-order chi connectivity index (χ1) is 17.5. The van der Waals surface area contributed by atoms with Gasteiger partial charge in [0, 0.05) is 11.6 Å². The van der Waals surface area contributed by atoms with Crippen LogP contribution < -0.4 is 0 Å². The molecule has 1 saturated heterocycles. The summed E-state index contributed by atoms with van der Waals surface area (Å²) in [5.74, 6) is 1.51. The molecule has 37 heavy (non-hydrogen) atoms. The van der Waals surface area contributed by atoms with E-state index in [0.717, 1.165) is 29.4 Å². The number of hydrogen-bond acceptors (Lipinski definition) is 4. The highest BCUT2D eigenvalue weighted by Gasteiger charge is 2.23. The second-order valence-electron chi connectivity index (χ2n) is 8.97. The van der Waals surface area contributed by atoms with Crippen LogP contribution in [0, 0.1) is 35.9 Å². The van der Waals surface area contributed by atoms with Crippen LogP contribution in [-0.4, -0.2) is 38.1 Å². The van der Waals surface area contributed by atoms with Crippen LogP contribution >= 0.6 is 34.8 Å². The lowest BCUT2D eigenvalue weighted by Crippen LogP contribution is -2.17. The van der Waals surface area contributed by atoms with Crippen molar-refractivity contribution >= 4 is 41.3 Å². The lowest BCUT2D eigenvalue weighted by atomic mass is 9.91. The van der Waals surface area contributed by atoms with Gasteiger partial charge in [0.25, 0.3) is 6.47 Å². The molecule has 2 aromatic carbocycles. The molecule has 3 rings (SSSR count). The van der Waals surface area contributed by atoms with E-state index in [0.29, 0.717) is 35.1 Å². The minimum absolute atomic E-state index is 0.0761. The Morgan fingerprint density at radius 1 is 1.16 bits per heavy atom. The van der Waals surface area contributed by atoms with Crippen LogP contribution in [0.15, 0.2) is 30.3 Å². The molecule has 0 aliphatic carbocycles. The van der Waals surface area contributed by atoms with Gasteiger partial charge in [-0.3, -0.25) is 4.79 Å². The summed E-state index contributed by atoms with van der Waals surface area (Å²) in [6.07, 6.45) is 4.38. The van der Waals surface area contributed by atoms with Gasteiger partial charge in [-0.2, -0.15) is 5.26 Å². The molecule has 8 heteroatoms. The number of likely N-dealkylation sites (tertiary alicyclic amines) is 1. The van der Waals surface area contributed by atoms with Crippen molar-refractivity contribution in [1.82, 2.24) is 4.90 Å². The van der Waals surface area contributed by atoms with Crippen molar-refractivity contribution in [3.05, 3.63) is 67.9 Å². The molecule has 1 aliphatic rings. The van der Waals surface area contributed by atoms with Gasteiger partial charge < -0.3 is 9.64 Å². The van der Waals surface area contributed by atoms with Gasteiger partial charge in [0.05, 0.1) is 22.2 Å². The Labute approximate surface area is 237 Å². The topological polar surface area (TPSA) is 53.3 Å². The zero-order chi connectivity index (χ0) is 28.4. The molecule has 0 amide bonds. The van der Waals surface area contributed by atoms with E-state index in [1.807, 2.05) is 32.9 Å². The van der Waals surface area contributed by atoms with Crippen LogP contribution in [0.2, 0.25) is 15.1 Å². The first-order valence-electron chi connectivity index (χ1n) is 12.6. The Balaban J connectivity index is 0.000000477. The fraction of sp³-hybridized carbons (Fsp3) is 0.517. The molecule has 2 unspecified atom stereocenters. The minimum atomic E-state index is -0.409. The van der Waals surface area contributed by atoms with Crippen LogP contribution in [0.3, 0.4) is 0 Å². The third kappa shape index (κ3) is 14.6. The Hall–Kier alpha value is -1.84. The molecule has 2 aromatic rings. The van der Waals surface area contributed by atoms with Crippen molar-refractivity contribution in [2.75, 3.05) is 26.7 Å². The summed E-state index contributed by atoms with van der Waals surface area (Å²) in [5.41, 5.74) is 2.39. The zero-order valence-electron chi connectivity index (χ0n) is 22.8. The SMILES string of the molecule is CCC(C)C1CCN(C)C1.CCCOC=O.CCc1cc(F)c(Cl)cc1Cl.Cc1ccc(C#N)c(Cl)c1. The van der Waals surface area contributed by atoms with Crippen LogP contribution in [0.4, 0.5) is 4.39 Å². The normalized spacial score (nSPS) is 15.0. The Bertz CT molecular complexity index is 982. The molecule has 0 spiro atoms. The fourth-order valence-corrected chi connectivity index (χ4v) is 4.27. The maximum atomic E-state index is 12.8. The maximum Gasteiger partial charge on any atom is 0.293 e. The number of nitriles is 1. The van der Waals surface area contributed by atoms with Gasteiger partial charge in [-0.1, -0.05) is 75.0 Å². The molecule has 206 valence electrons. The highest BCUT2D eigenvalue weighted by molar-refractivity contribution is 6.35. The number of carbonyl (C=O) groups excluding carboxylic acids is 1. The number of ether oxygens (including phenoxy) is 1. The summed E-state index contributed by atoms with van der Waals surface area (Å²) in [4.78, 5) is 11.8. The lowest BCUT2D eigenvalue weighted by Gasteiger charge is -2.16. The fourth-order valence-electron chi connectivity index (χ4n) is 3.48. The van der Waals surface area contributed by atoms with Gasteiger partial charge in [-0.15, -0.1) is 0 Å². The van der Waals surface area contributed by atoms with Gasteiger partial charge in [0.1, 0.15) is 11.9 Å². The summed E-state index contributed by atoms with van der Waals surface area (Å²) < 4.78 is 17.1. The highest BCUT2D eigenvalue weighted by atomic mass is 35.5. The van der Waals surface area contributed by atoms with Crippen LogP contribution in [0.1, 0.15) is 63.6 Å². The molecule has 4 nitrogen and oxygen atoms in total. The molecule has 0 bridgehead atoms. The number of carbonyl (C=O) groups is 1. The van der Waals surface area contributed by atoms with Crippen LogP contribution in [-0.2, 0) is 16.0 Å². The van der Waals surface area contributed by atoms with Gasteiger partial charge in [-0.25, -0.2) is 4.39 Å². The van der Waals surface area contributed by atoms with Crippen LogP contribution in [0.25, 0.3) is 0 Å². The second kappa shape index (κ2) is 20.2. The smallest absolute Gasteiger partial charge is 0.293 e. The molecule has 0 radical (unpaired) electrons. The number of hydrogen-bond donors (Lipinski definition) is 0. The molecule has 2 atom stereocenters. The van der Waals surface area contributed by atoms with Crippen LogP contribution in [0.5, 0.6) is 0 Å². The summed E-state index contributed by atoms with van der Waals surface area (Å²) >= 11 is 16.9. The van der Waals surface area contributed by atoms with Gasteiger partial charge in [0.2, 0.25) is 0 Å². The Kier molecular flexibility index (Phi) is 19.2. The highest BCUT2D eigenvalue weighted by Crippen LogP contribution is 2.25. The number of benzene rings is 2. The van der Waals surface area contributed by atoms with Crippen molar-refractivity contribution in [3.63, 3.8) is 0 Å². The summed E-state index contributed by atoms with van der Waals surface area (Å²) in [6.45, 7) is 14.1. The van der Waals surface area contributed by atoms with Gasteiger partial charge >= 0.3 is 0 Å². The summed E-state index contributed by atoms with van der Waals surface area (Å²) in [6, 6.07) is 10.1. The third-order valence-corrected chi connectivity index (χ3v) is 6.94. The van der Waals surface area contributed by atoms with Gasteiger partial charge in [-0.05, 0) is 87.0 Å². The Morgan fingerprint density at radius 2 is 1.84 bits per heavy atom. The zero-order valence-corrected chi connectivity index (χ0v) is 25.1. The van der Waals surface area contributed by atoms with E-state index in [4.69, 9.17) is 40.1 Å². The number of aryl methyl sites for hydroxylation is 2. The number of halogens is 4. The minimum Gasteiger partial charge on any atom is -0.468 e. The maximum absolute atomic E-state index is 12.8. The third-order valence-electron chi connectivity index (χ3n) is 5.98. The molecule has 1 fully saturated rings. The average molecular weight is 574 g/mol. The summed E-state index contributed by atoms with van der Waals surface area (Å²) in [7, 11) is 2.22. The first kappa shape index (κ1) is 35.2. The molecule has 1 aliphatic heterocycles. The molecule has 0 saturated carbocycles. The quantitative estimate of drug-likeness (QED) is 0.197. The van der Waals surface area contributed by atoms with Gasteiger partial charge in [0.15, 0.2) is 0 Å². The van der Waals surface area contributed by atoms with E-state index in [1.165, 1.54) is 38.1 Å². The van der Waals surface area contributed by atoms with Crippen molar-refractivity contribution in [2.45, 2.75) is 60.3 Å². The first-order valence-corrected chi connectivity index (χ1v) is 13.7. The number of rotatable bonds is 6. The van der Waals surface area contributed by atoms with E-state index < -0.39 is 5.82 Å². The lowest BCUT2D eigenvalue weighted by molar-refractivity contribution is -0.128. The molecule has 0 N–H and O–H groups in total. The monoisotopic (exact) mass is 572 g/mol. The number of nitrogens with zero attached hydrogens (tertiary/aromatic N) is 2. The van der Waals surface area contributed by atoms with Crippen molar-refractivity contribution in [1.29, 1.82) is 5.26 Å². The average Bonchev–Trinajstić information content (AvgIpc) is 3.32. The predicted octanol–water partition coefficient (Wildman–Crippen LogP) is 8.77. The van der Waals surface area contributed by atoms with E-state index in [2.05, 4.69) is 30.5 Å². The molecular formula is C29H40Cl3FN2O2. The molecule has 1 heterocycles. The molecule has 0 aromatic heterocycles. The van der Waals surface area contributed by atoms with E-state index >= 15 is 0 Å². The van der Waals surface area contributed by atoms with E-state index in [-0.39, 0.29) is 5.02 Å². The Morgan fingerprint density at radius 3 is 2.27 bits per heavy atom. The summed E-state index contributed by atoms with van der Waals surface area (Å²) in [5, 5.41) is 9.61. The van der Waals surface area contributed by atoms with Crippen molar-refractivity contribution in [3.8, 4) is 6.07 Å². The molecular weight excluding hydrogens is 534 g/mol. The van der Waals surface area contributed by atoms with E-state index in [9.17, 15) is 9.18 Å². The standard InChI is InChI=1S/C9H19N.C8H7Cl2F.C8H6ClN.C4H8O2/c1-4-8(2)9-5-6-10(3)7-9;1-2-5-3-8(11)7(10)4-6(5)9;1-6-2-3-7(5-10)8(9)4-6;1-2-3-6-4-5/h8-9H,4-7H2,1-3H3;3-4H,2H2,1H3;2-4H,1H3;4H,2-3H2,1H3. The van der Waals surface area contributed by atoms with Crippen molar-refractivity contribution < 1.29 is 13.9 Å². The largest absolute Gasteiger partial charge is 0.468 e. The predicted molar refractivity (Wildman–Crippen MR) is 154 cm³/mol. The van der Waals surface area contributed by atoms with Crippen molar-refractivity contribution in [2.24, 2.45) is 11.8 Å². The second-order valence-corrected chi connectivity index (χ2v) is 10.2. The van der Waals surface area contributed by atoms with E-state index in [1.54, 1.807) is 12.1 Å².